The van der Waals surface area contributed by atoms with Crippen LogP contribution in [0.25, 0.3) is 0 Å². The topological polar surface area (TPSA) is 202 Å². The zero-order chi connectivity index (χ0) is 50.2. The summed E-state index contributed by atoms with van der Waals surface area (Å²) in [6.07, 6.45) is 32.0. The van der Waals surface area contributed by atoms with Crippen molar-refractivity contribution in [2.24, 2.45) is 0 Å². The second-order valence-electron chi connectivity index (χ2n) is 20.8. The lowest BCUT2D eigenvalue weighted by Gasteiger charge is -2.44. The molecule has 10 atom stereocenters. The maximum Gasteiger partial charge on any atom is 0.305 e. The molecule has 2 rings (SSSR count). The van der Waals surface area contributed by atoms with Gasteiger partial charge in [-0.05, 0) is 12.8 Å². The minimum Gasteiger partial charge on any atom is -0.463 e. The zero-order valence-electron chi connectivity index (χ0n) is 44.0. The second-order valence-corrected chi connectivity index (χ2v) is 20.8. The summed E-state index contributed by atoms with van der Waals surface area (Å²) in [4.78, 5) is 25.1. The zero-order valence-corrected chi connectivity index (χ0v) is 44.0. The third-order valence-electron chi connectivity index (χ3n) is 14.4. The van der Waals surface area contributed by atoms with Crippen LogP contribution in [0.5, 0.6) is 0 Å². The van der Waals surface area contributed by atoms with Gasteiger partial charge >= 0.3 is 11.9 Å². The predicted octanol–water partition coefficient (Wildman–Crippen LogP) is 11.3. The fourth-order valence-electron chi connectivity index (χ4n) is 9.66. The Morgan fingerprint density at radius 1 is 0.319 bits per heavy atom. The van der Waals surface area contributed by atoms with Gasteiger partial charge in [-0.2, -0.15) is 0 Å². The van der Waals surface area contributed by atoms with E-state index in [0.29, 0.717) is 12.8 Å². The molecular weight excluding hydrogens is 881 g/mol. The molecular formula is C56H106O13. The van der Waals surface area contributed by atoms with E-state index in [0.717, 1.165) is 38.5 Å². The van der Waals surface area contributed by atoms with E-state index in [1.807, 2.05) is 0 Å². The summed E-state index contributed by atoms with van der Waals surface area (Å²) in [5.74, 6) is -0.960. The summed E-state index contributed by atoms with van der Waals surface area (Å²) in [5, 5.41) is 63.7. The molecule has 13 nitrogen and oxygen atoms in total. The van der Waals surface area contributed by atoms with Crippen molar-refractivity contribution < 1.29 is 63.9 Å². The van der Waals surface area contributed by atoms with Gasteiger partial charge in [-0.3, -0.25) is 9.59 Å². The molecule has 0 bridgehead atoms. The van der Waals surface area contributed by atoms with Crippen LogP contribution >= 0.6 is 0 Å². The summed E-state index contributed by atoms with van der Waals surface area (Å²) >= 11 is 0. The first-order valence-corrected chi connectivity index (χ1v) is 29.0. The van der Waals surface area contributed by atoms with Gasteiger partial charge in [0.1, 0.15) is 62.0 Å². The Bertz CT molecular complexity index is 1100. The highest BCUT2D eigenvalue weighted by Gasteiger charge is 2.50. The first-order valence-electron chi connectivity index (χ1n) is 29.0. The standard InChI is InChI=1S/C56H106O13/c1-3-5-7-9-11-13-15-17-19-21-23-25-27-29-31-33-35-37-39-41-47(57)65-43-45-49(59)51(61)53(63)55(67-45)69-56-54(64)52(62)50(60)46(68-56)44-66-48(58)42-40-38-36-34-32-30-28-26-24-22-20-18-16-14-12-10-8-6-4-2/h45-46,49-56,59-64H,3-44H2,1-2H3/t45-,46+,49-,50+,51+,52-,53-,54+,55-,56-/m1/s1. The van der Waals surface area contributed by atoms with Gasteiger partial charge in [0.15, 0.2) is 12.6 Å². The molecule has 2 aliphatic rings. The Labute approximate surface area is 419 Å². The van der Waals surface area contributed by atoms with E-state index in [-0.39, 0.29) is 12.8 Å². The molecule has 0 aliphatic carbocycles. The lowest BCUT2D eigenvalue weighted by atomic mass is 9.98. The number of aliphatic hydroxyl groups excluding tert-OH is 6. The van der Waals surface area contributed by atoms with E-state index in [1.165, 1.54) is 193 Å². The molecule has 0 spiro atoms. The van der Waals surface area contributed by atoms with Gasteiger partial charge in [0.25, 0.3) is 0 Å². The molecule has 2 aliphatic heterocycles. The fraction of sp³-hybridized carbons (Fsp3) is 0.964. The number of carbonyl (C=O) groups is 2. The summed E-state index contributed by atoms with van der Waals surface area (Å²) in [7, 11) is 0. The van der Waals surface area contributed by atoms with E-state index in [2.05, 4.69) is 13.8 Å². The van der Waals surface area contributed by atoms with Crippen molar-refractivity contribution in [3.8, 4) is 0 Å². The minimum absolute atomic E-state index is 0.195. The van der Waals surface area contributed by atoms with Gasteiger partial charge in [-0.1, -0.05) is 245 Å². The lowest BCUT2D eigenvalue weighted by molar-refractivity contribution is -0.376. The van der Waals surface area contributed by atoms with E-state index in [4.69, 9.17) is 23.7 Å². The molecule has 13 heteroatoms. The van der Waals surface area contributed by atoms with Crippen molar-refractivity contribution in [1.29, 1.82) is 0 Å². The maximum absolute atomic E-state index is 12.5. The highest BCUT2D eigenvalue weighted by atomic mass is 16.8. The van der Waals surface area contributed by atoms with E-state index < -0.39 is 86.6 Å². The monoisotopic (exact) mass is 987 g/mol. The van der Waals surface area contributed by atoms with Crippen LogP contribution in [0, 0.1) is 0 Å². The predicted molar refractivity (Wildman–Crippen MR) is 272 cm³/mol. The molecule has 69 heavy (non-hydrogen) atoms. The molecule has 2 fully saturated rings. The van der Waals surface area contributed by atoms with Crippen LogP contribution in [0.3, 0.4) is 0 Å². The molecule has 0 aromatic carbocycles. The molecule has 2 heterocycles. The number of hydrogen-bond acceptors (Lipinski definition) is 13. The van der Waals surface area contributed by atoms with Crippen molar-refractivity contribution in [3.05, 3.63) is 0 Å². The average Bonchev–Trinajstić information content (AvgIpc) is 3.34. The second kappa shape index (κ2) is 43.0. The lowest BCUT2D eigenvalue weighted by Crippen LogP contribution is -2.64. The van der Waals surface area contributed by atoms with Crippen molar-refractivity contribution in [1.82, 2.24) is 0 Å². The Balaban J connectivity index is 1.54. The van der Waals surface area contributed by atoms with Gasteiger partial charge in [-0.25, -0.2) is 0 Å². The highest BCUT2D eigenvalue weighted by Crippen LogP contribution is 2.29. The van der Waals surface area contributed by atoms with Gasteiger partial charge in [0.2, 0.25) is 0 Å². The number of carbonyl (C=O) groups excluding carboxylic acids is 2. The number of ether oxygens (including phenoxy) is 5. The summed E-state index contributed by atoms with van der Waals surface area (Å²) in [6.45, 7) is 3.69. The van der Waals surface area contributed by atoms with Crippen molar-refractivity contribution in [2.45, 2.75) is 332 Å². The molecule has 0 aromatic heterocycles. The van der Waals surface area contributed by atoms with Gasteiger partial charge < -0.3 is 54.3 Å². The highest BCUT2D eigenvalue weighted by molar-refractivity contribution is 5.69. The summed E-state index contributed by atoms with van der Waals surface area (Å²) in [6, 6.07) is 0. The van der Waals surface area contributed by atoms with E-state index in [1.54, 1.807) is 0 Å². The Kier molecular flexibility index (Phi) is 39.7. The van der Waals surface area contributed by atoms with E-state index >= 15 is 0 Å². The molecule has 0 aromatic rings. The van der Waals surface area contributed by atoms with Gasteiger partial charge in [-0.15, -0.1) is 0 Å². The average molecular weight is 987 g/mol. The van der Waals surface area contributed by atoms with Crippen LogP contribution in [0.4, 0.5) is 0 Å². The third kappa shape index (κ3) is 31.0. The maximum atomic E-state index is 12.5. The number of unbranched alkanes of at least 4 members (excludes halogenated alkanes) is 36. The van der Waals surface area contributed by atoms with Crippen molar-refractivity contribution in [2.75, 3.05) is 13.2 Å². The summed E-state index contributed by atoms with van der Waals surface area (Å²) in [5.41, 5.74) is 0. The smallest absolute Gasteiger partial charge is 0.305 e. The Morgan fingerprint density at radius 2 is 0.536 bits per heavy atom. The Hall–Kier alpha value is -1.42. The molecule has 408 valence electrons. The van der Waals surface area contributed by atoms with Crippen LogP contribution in [-0.4, -0.2) is 117 Å². The van der Waals surface area contributed by atoms with Gasteiger partial charge in [0.05, 0.1) is 0 Å². The molecule has 6 N–H and O–H groups in total. The van der Waals surface area contributed by atoms with Crippen LogP contribution in [0.2, 0.25) is 0 Å². The SMILES string of the molecule is CCCCCCCCCCCCCCCCCCCCCC(=O)OC[C@@H]1O[C@H](O[C@H]2O[C@H](COC(=O)CCCCCCCCCCCCCCCCCCCCC)[C@@H](O)[C@H](O)[C@H]2O)[C@@H](O)[C@H](O)[C@H]1O. The number of rotatable bonds is 46. The first kappa shape index (κ1) is 63.7. The quantitative estimate of drug-likeness (QED) is 0.0249. The van der Waals surface area contributed by atoms with Crippen LogP contribution in [0.1, 0.15) is 271 Å². The molecule has 0 radical (unpaired) electrons. The molecule has 2 saturated heterocycles. The number of hydrogen-bond donors (Lipinski definition) is 6. The summed E-state index contributed by atoms with van der Waals surface area (Å²) < 4.78 is 27.7. The first-order chi connectivity index (χ1) is 33.6. The molecule has 0 amide bonds. The van der Waals surface area contributed by atoms with Crippen molar-refractivity contribution >= 4 is 11.9 Å². The fourth-order valence-corrected chi connectivity index (χ4v) is 9.66. The molecule has 0 saturated carbocycles. The molecule has 0 unspecified atom stereocenters. The number of esters is 2. The largest absolute Gasteiger partial charge is 0.463 e. The third-order valence-corrected chi connectivity index (χ3v) is 14.4. The number of aliphatic hydroxyl groups is 6. The van der Waals surface area contributed by atoms with Crippen molar-refractivity contribution in [3.63, 3.8) is 0 Å². The van der Waals surface area contributed by atoms with Crippen LogP contribution in [0.15, 0.2) is 0 Å². The van der Waals surface area contributed by atoms with Crippen LogP contribution < -0.4 is 0 Å². The Morgan fingerprint density at radius 3 is 0.768 bits per heavy atom. The van der Waals surface area contributed by atoms with Crippen LogP contribution in [-0.2, 0) is 33.3 Å². The van der Waals surface area contributed by atoms with E-state index in [9.17, 15) is 40.2 Å². The normalized spacial score (nSPS) is 25.0. The minimum atomic E-state index is -1.80. The van der Waals surface area contributed by atoms with Gasteiger partial charge in [0, 0.05) is 12.8 Å².